The zero-order valence-electron chi connectivity index (χ0n) is 16.2. The minimum Gasteiger partial charge on any atom is -0.504 e. The van der Waals surface area contributed by atoms with E-state index >= 15 is 0 Å². The van der Waals surface area contributed by atoms with Gasteiger partial charge in [0.15, 0.2) is 15.8 Å². The zero-order chi connectivity index (χ0) is 22.1. The first-order valence-corrected chi connectivity index (χ1v) is 11.4. The van der Waals surface area contributed by atoms with Gasteiger partial charge in [0.1, 0.15) is 0 Å². The van der Waals surface area contributed by atoms with Crippen LogP contribution in [0.5, 0.6) is 11.5 Å². The number of hydrogen-bond acceptors (Lipinski definition) is 12. The van der Waals surface area contributed by atoms with E-state index < -0.39 is 0 Å². The highest BCUT2D eigenvalue weighted by Gasteiger charge is 2.11. The van der Waals surface area contributed by atoms with Gasteiger partial charge in [0, 0.05) is 11.3 Å². The van der Waals surface area contributed by atoms with E-state index in [1.165, 1.54) is 36.4 Å². The Labute approximate surface area is 189 Å². The number of hydrogen-bond donors (Lipinski definition) is 4. The van der Waals surface area contributed by atoms with Crippen molar-refractivity contribution >= 4 is 58.1 Å². The minimum absolute atomic E-state index is 0.0165. The van der Waals surface area contributed by atoms with Crippen LogP contribution in [0.3, 0.4) is 0 Å². The fourth-order valence-electron chi connectivity index (χ4n) is 2.07. The van der Waals surface area contributed by atoms with E-state index in [2.05, 4.69) is 47.8 Å². The molecule has 162 valence electrons. The van der Waals surface area contributed by atoms with Gasteiger partial charge >= 0.3 is 0 Å². The third-order valence-corrected chi connectivity index (χ3v) is 6.21. The molecule has 0 unspecified atom stereocenters. The van der Waals surface area contributed by atoms with Gasteiger partial charge in [-0.25, -0.2) is 10.5 Å². The van der Waals surface area contributed by atoms with Crippen LogP contribution in [0.1, 0.15) is 5.56 Å². The maximum absolute atomic E-state index is 12.1. The molecular formula is C17H18N8O3S3. The van der Waals surface area contributed by atoms with Crippen molar-refractivity contribution in [1.29, 1.82) is 0 Å². The monoisotopic (exact) mass is 478 g/mol. The van der Waals surface area contributed by atoms with E-state index in [0.29, 0.717) is 21.6 Å². The van der Waals surface area contributed by atoms with Crippen LogP contribution in [-0.2, 0) is 4.79 Å². The number of amides is 1. The van der Waals surface area contributed by atoms with Gasteiger partial charge in [0.05, 0.1) is 19.1 Å². The predicted molar refractivity (Wildman–Crippen MR) is 122 cm³/mol. The van der Waals surface area contributed by atoms with Gasteiger partial charge in [-0.15, -0.1) is 21.9 Å². The fourth-order valence-corrected chi connectivity index (χ4v) is 4.19. The van der Waals surface area contributed by atoms with Crippen molar-refractivity contribution in [1.82, 2.24) is 25.4 Å². The molecule has 2 aromatic heterocycles. The van der Waals surface area contributed by atoms with Crippen LogP contribution in [0.4, 0.5) is 11.1 Å². The Kier molecular flexibility index (Phi) is 8.26. The van der Waals surface area contributed by atoms with Crippen molar-refractivity contribution in [2.24, 2.45) is 5.10 Å². The predicted octanol–water partition coefficient (Wildman–Crippen LogP) is 2.83. The Hall–Kier alpha value is -3.10. The van der Waals surface area contributed by atoms with E-state index in [4.69, 9.17) is 4.74 Å². The lowest BCUT2D eigenvalue weighted by atomic mass is 10.2. The van der Waals surface area contributed by atoms with E-state index in [1.54, 1.807) is 24.3 Å². The first kappa shape index (κ1) is 22.6. The number of benzene rings is 1. The number of rotatable bonds is 11. The number of para-hydroxylation sites is 1. The number of hydrazone groups is 1. The third-order valence-electron chi connectivity index (χ3n) is 3.40. The number of aromatic hydroxyl groups is 1. The summed E-state index contributed by atoms with van der Waals surface area (Å²) in [5.41, 5.74) is 3.15. The summed E-state index contributed by atoms with van der Waals surface area (Å²) in [4.78, 5) is 16.3. The van der Waals surface area contributed by atoms with E-state index in [0.717, 1.165) is 21.9 Å². The number of aromatic nitrogens is 5. The van der Waals surface area contributed by atoms with Crippen LogP contribution < -0.4 is 15.5 Å². The molecule has 1 amide bonds. The topological polar surface area (TPSA) is 150 Å². The van der Waals surface area contributed by atoms with Gasteiger partial charge in [0.25, 0.3) is 0 Å². The molecule has 11 nitrogen and oxygen atoms in total. The number of phenols is 1. The smallest absolute Gasteiger partial charge is 0.240 e. The molecule has 4 N–H and O–H groups in total. The summed E-state index contributed by atoms with van der Waals surface area (Å²) in [5, 5.41) is 32.1. The molecule has 0 radical (unpaired) electrons. The molecule has 0 bridgehead atoms. The molecule has 0 saturated heterocycles. The Morgan fingerprint density at radius 3 is 3.10 bits per heavy atom. The number of phenolic OH excluding ortho intramolecular Hbond substituents is 1. The lowest BCUT2D eigenvalue weighted by molar-refractivity contribution is -0.113. The fraction of sp³-hybridized carbons (Fsp3) is 0.176. The van der Waals surface area contributed by atoms with Gasteiger partial charge in [-0.2, -0.15) is 10.1 Å². The first-order chi connectivity index (χ1) is 15.1. The van der Waals surface area contributed by atoms with Crippen molar-refractivity contribution < 1.29 is 14.6 Å². The lowest BCUT2D eigenvalue weighted by Crippen LogP contribution is -2.13. The number of thioether (sulfide) groups is 2. The van der Waals surface area contributed by atoms with Crippen LogP contribution in [0.2, 0.25) is 0 Å². The minimum atomic E-state index is -0.243. The largest absolute Gasteiger partial charge is 0.504 e. The van der Waals surface area contributed by atoms with Crippen LogP contribution in [-0.4, -0.2) is 61.2 Å². The summed E-state index contributed by atoms with van der Waals surface area (Å²) in [6.07, 6.45) is 3.19. The molecule has 0 atom stereocenters. The molecule has 3 aromatic rings. The first-order valence-electron chi connectivity index (χ1n) is 8.66. The van der Waals surface area contributed by atoms with Crippen LogP contribution in [0.15, 0.2) is 45.5 Å². The average Bonchev–Trinajstić information content (AvgIpc) is 3.41. The van der Waals surface area contributed by atoms with Gasteiger partial charge in [-0.05, 0) is 12.1 Å². The normalized spacial score (nSPS) is 10.9. The standard InChI is InChI=1S/C17H18N8O3S3/c1-3-7-29-17-25-24-16(31-17)19-12(26)9-30-15-20-14(22-23-15)21-18-8-10-5-4-6-11(28-2)13(10)27/h3-6,8,27H,1,7,9H2,2H3,(H,19,24,26)(H2,20,21,22,23)/b18-8-. The van der Waals surface area contributed by atoms with Crippen molar-refractivity contribution in [3.8, 4) is 11.5 Å². The van der Waals surface area contributed by atoms with E-state index in [9.17, 15) is 9.90 Å². The number of aromatic amines is 1. The molecule has 0 spiro atoms. The number of carbonyl (C=O) groups excluding carboxylic acids is 1. The van der Waals surface area contributed by atoms with E-state index in [1.807, 2.05) is 0 Å². The van der Waals surface area contributed by atoms with Crippen molar-refractivity contribution in [2.75, 3.05) is 29.4 Å². The molecule has 0 aliphatic heterocycles. The van der Waals surface area contributed by atoms with Crippen LogP contribution in [0.25, 0.3) is 0 Å². The van der Waals surface area contributed by atoms with Crippen molar-refractivity contribution in [2.45, 2.75) is 9.50 Å². The quantitative estimate of drug-likeness (QED) is 0.106. The summed E-state index contributed by atoms with van der Waals surface area (Å²) in [7, 11) is 1.47. The highest BCUT2D eigenvalue weighted by Crippen LogP contribution is 2.28. The highest BCUT2D eigenvalue weighted by molar-refractivity contribution is 8.01. The third kappa shape index (κ3) is 6.70. The lowest BCUT2D eigenvalue weighted by Gasteiger charge is -2.04. The molecular weight excluding hydrogens is 460 g/mol. The van der Waals surface area contributed by atoms with Gasteiger partial charge in [-0.3, -0.25) is 10.1 Å². The summed E-state index contributed by atoms with van der Waals surface area (Å²) in [6, 6.07) is 5.06. The zero-order valence-corrected chi connectivity index (χ0v) is 18.7. The van der Waals surface area contributed by atoms with Crippen LogP contribution in [0, 0.1) is 0 Å². The maximum Gasteiger partial charge on any atom is 0.240 e. The molecule has 0 saturated carbocycles. The summed E-state index contributed by atoms with van der Waals surface area (Å²) < 4.78 is 5.81. The van der Waals surface area contributed by atoms with Crippen LogP contribution >= 0.6 is 34.9 Å². The van der Waals surface area contributed by atoms with Gasteiger partial charge < -0.3 is 9.84 Å². The molecule has 0 aliphatic rings. The molecule has 0 aliphatic carbocycles. The molecule has 1 aromatic carbocycles. The summed E-state index contributed by atoms with van der Waals surface area (Å²) in [6.45, 7) is 3.65. The molecule has 3 rings (SSSR count). The second-order valence-electron chi connectivity index (χ2n) is 5.54. The molecule has 2 heterocycles. The van der Waals surface area contributed by atoms with E-state index in [-0.39, 0.29) is 23.4 Å². The molecule has 0 fully saturated rings. The van der Waals surface area contributed by atoms with Gasteiger partial charge in [0.2, 0.25) is 22.1 Å². The highest BCUT2D eigenvalue weighted by atomic mass is 32.2. The Bertz CT molecular complexity index is 1070. The number of carbonyl (C=O) groups is 1. The molecule has 31 heavy (non-hydrogen) atoms. The number of anilines is 2. The average molecular weight is 479 g/mol. The number of H-pyrrole nitrogens is 1. The summed E-state index contributed by atoms with van der Waals surface area (Å²) >= 11 is 3.95. The Morgan fingerprint density at radius 2 is 2.29 bits per heavy atom. The molecule has 14 heteroatoms. The van der Waals surface area contributed by atoms with Gasteiger partial charge in [-0.1, -0.05) is 47.0 Å². The van der Waals surface area contributed by atoms with Crippen molar-refractivity contribution in [3.63, 3.8) is 0 Å². The number of methoxy groups -OCH3 is 1. The maximum atomic E-state index is 12.1. The number of nitrogens with zero attached hydrogens (tertiary/aromatic N) is 5. The SMILES string of the molecule is C=CCSc1nnc(NC(=O)CSc2n[nH]c(N/N=C\c3cccc(OC)c3O)n2)s1. The summed E-state index contributed by atoms with van der Waals surface area (Å²) in [5.74, 6) is 1.21. The van der Waals surface area contributed by atoms with Crippen molar-refractivity contribution in [3.05, 3.63) is 36.4 Å². The Balaban J connectivity index is 1.46. The second-order valence-corrected chi connectivity index (χ2v) is 8.73. The number of ether oxygens (including phenoxy) is 1. The second kappa shape index (κ2) is 11.3. The Morgan fingerprint density at radius 1 is 1.42 bits per heavy atom. The number of nitrogens with one attached hydrogen (secondary N) is 3.